The molecule has 1 aromatic rings. The van der Waals surface area contributed by atoms with Gasteiger partial charge >= 0.3 is 11.9 Å². The quantitative estimate of drug-likeness (QED) is 0.366. The van der Waals surface area contributed by atoms with E-state index in [9.17, 15) is 9.59 Å². The smallest absolute Gasteiger partial charge is 0.327 e. The topological polar surface area (TPSA) is 86.6 Å². The van der Waals surface area contributed by atoms with Crippen LogP contribution in [0.5, 0.6) is 0 Å². The molecule has 0 radical (unpaired) electrons. The van der Waals surface area contributed by atoms with Gasteiger partial charge in [0.05, 0.1) is 14.3 Å². The molecule has 20 heavy (non-hydrogen) atoms. The van der Waals surface area contributed by atoms with Crippen LogP contribution in [0.25, 0.3) is 0 Å². The molecule has 0 amide bonds. The minimum Gasteiger partial charge on any atom is -0.480 e. The van der Waals surface area contributed by atoms with Crippen molar-refractivity contribution in [3.05, 3.63) is 37.9 Å². The minimum atomic E-state index is -1.13. The normalized spacial score (nSPS) is 12.3. The van der Waals surface area contributed by atoms with E-state index < -0.39 is 18.0 Å². The fourth-order valence-electron chi connectivity index (χ4n) is 1.38. The van der Waals surface area contributed by atoms with Crippen molar-refractivity contribution in [1.82, 2.24) is 0 Å². The number of hydrogen-bond acceptors (Lipinski definition) is 3. The van der Waals surface area contributed by atoms with Crippen LogP contribution in [0.4, 0.5) is 5.69 Å². The first-order valence-corrected chi connectivity index (χ1v) is 7.18. The number of carboxylic acids is 2. The fraction of sp³-hybridized carbons (Fsp3) is 0.167. The molecule has 1 aromatic carbocycles. The van der Waals surface area contributed by atoms with Gasteiger partial charge in [-0.2, -0.15) is 0 Å². The summed E-state index contributed by atoms with van der Waals surface area (Å²) in [6, 6.07) is 2.14. The third kappa shape index (κ3) is 5.18. The van der Waals surface area contributed by atoms with Gasteiger partial charge in [-0.25, -0.2) is 9.59 Å². The van der Waals surface area contributed by atoms with Gasteiger partial charge in [-0.15, -0.1) is 0 Å². The predicted octanol–water partition coefficient (Wildman–Crippen LogP) is 3.49. The lowest BCUT2D eigenvalue weighted by molar-refractivity contribution is -0.138. The van der Waals surface area contributed by atoms with E-state index in [2.05, 4.69) is 5.32 Å². The van der Waals surface area contributed by atoms with E-state index in [0.717, 1.165) is 6.08 Å². The maximum Gasteiger partial charge on any atom is 0.327 e. The second-order valence-electron chi connectivity index (χ2n) is 3.76. The van der Waals surface area contributed by atoms with Gasteiger partial charge < -0.3 is 15.5 Å². The lowest BCUT2D eigenvalue weighted by Crippen LogP contribution is -2.29. The van der Waals surface area contributed by atoms with Gasteiger partial charge in [0.25, 0.3) is 0 Å². The third-order valence-corrected chi connectivity index (χ3v) is 4.25. The van der Waals surface area contributed by atoms with Crippen LogP contribution in [0.2, 0.25) is 10.0 Å². The number of rotatable bonds is 6. The lowest BCUT2D eigenvalue weighted by Gasteiger charge is -2.16. The average Bonchev–Trinajstić information content (AvgIpc) is 2.33. The second-order valence-corrected chi connectivity index (χ2v) is 5.68. The SMILES string of the molecule is O=C(O)C=CCC(Nc1cc(Cl)cc(Cl)c1I)C(=O)O. The van der Waals surface area contributed by atoms with Crippen LogP contribution in [-0.4, -0.2) is 28.2 Å². The standard InChI is InChI=1S/C12H10Cl2INO4/c13-6-4-7(14)11(15)9(5-6)16-8(12(19)20)2-1-3-10(17)18/h1,3-5,8,16H,2H2,(H,17,18)(H,19,20). The van der Waals surface area contributed by atoms with Gasteiger partial charge in [0, 0.05) is 11.1 Å². The average molecular weight is 430 g/mol. The summed E-state index contributed by atoms with van der Waals surface area (Å²) in [5, 5.41) is 21.2. The number of carbonyl (C=O) groups is 2. The van der Waals surface area contributed by atoms with Crippen LogP contribution in [0.1, 0.15) is 6.42 Å². The summed E-state index contributed by atoms with van der Waals surface area (Å²) in [5.41, 5.74) is 0.485. The van der Waals surface area contributed by atoms with Crippen molar-refractivity contribution in [2.75, 3.05) is 5.32 Å². The van der Waals surface area contributed by atoms with E-state index in [4.69, 9.17) is 33.4 Å². The van der Waals surface area contributed by atoms with Gasteiger partial charge in [-0.1, -0.05) is 29.3 Å². The number of anilines is 1. The number of benzene rings is 1. The van der Waals surface area contributed by atoms with Crippen LogP contribution in [0.15, 0.2) is 24.3 Å². The second kappa shape index (κ2) is 7.70. The molecule has 3 N–H and O–H groups in total. The van der Waals surface area contributed by atoms with Crippen LogP contribution in [0.3, 0.4) is 0 Å². The summed E-state index contributed by atoms with van der Waals surface area (Å²) in [6.07, 6.45) is 2.18. The van der Waals surface area contributed by atoms with Crippen molar-refractivity contribution in [3.8, 4) is 0 Å². The summed E-state index contributed by atoms with van der Waals surface area (Å²) >= 11 is 13.8. The third-order valence-electron chi connectivity index (χ3n) is 2.25. The van der Waals surface area contributed by atoms with E-state index in [1.54, 1.807) is 12.1 Å². The molecule has 0 fully saturated rings. The Morgan fingerprint density at radius 2 is 2.00 bits per heavy atom. The van der Waals surface area contributed by atoms with Gasteiger partial charge in [0.1, 0.15) is 6.04 Å². The molecule has 0 heterocycles. The van der Waals surface area contributed by atoms with Crippen molar-refractivity contribution < 1.29 is 19.8 Å². The zero-order chi connectivity index (χ0) is 15.3. The van der Waals surface area contributed by atoms with Gasteiger partial charge in [-0.05, 0) is 41.1 Å². The minimum absolute atomic E-state index is 0.0157. The van der Waals surface area contributed by atoms with Crippen molar-refractivity contribution in [2.45, 2.75) is 12.5 Å². The molecule has 0 saturated heterocycles. The molecule has 0 aliphatic carbocycles. The number of nitrogens with one attached hydrogen (secondary N) is 1. The van der Waals surface area contributed by atoms with E-state index in [-0.39, 0.29) is 6.42 Å². The molecular formula is C12H10Cl2INO4. The number of hydrogen-bond donors (Lipinski definition) is 3. The van der Waals surface area contributed by atoms with Gasteiger partial charge in [0.2, 0.25) is 0 Å². The molecular weight excluding hydrogens is 420 g/mol. The van der Waals surface area contributed by atoms with Crippen LogP contribution in [0, 0.1) is 3.57 Å². The number of halogens is 3. The Kier molecular flexibility index (Phi) is 6.57. The Morgan fingerprint density at radius 3 is 2.55 bits per heavy atom. The maximum absolute atomic E-state index is 11.1. The monoisotopic (exact) mass is 429 g/mol. The Morgan fingerprint density at radius 1 is 1.35 bits per heavy atom. The highest BCUT2D eigenvalue weighted by Gasteiger charge is 2.18. The Balaban J connectivity index is 2.91. The van der Waals surface area contributed by atoms with Crippen molar-refractivity contribution in [1.29, 1.82) is 0 Å². The highest BCUT2D eigenvalue weighted by Crippen LogP contribution is 2.31. The van der Waals surface area contributed by atoms with Crippen LogP contribution < -0.4 is 5.32 Å². The highest BCUT2D eigenvalue weighted by molar-refractivity contribution is 14.1. The first-order chi connectivity index (χ1) is 9.31. The summed E-state index contributed by atoms with van der Waals surface area (Å²) in [4.78, 5) is 21.5. The van der Waals surface area contributed by atoms with E-state index in [1.165, 1.54) is 6.08 Å². The van der Waals surface area contributed by atoms with E-state index in [1.807, 2.05) is 22.6 Å². The first-order valence-electron chi connectivity index (χ1n) is 5.34. The lowest BCUT2D eigenvalue weighted by atomic mass is 10.2. The molecule has 0 bridgehead atoms. The van der Waals surface area contributed by atoms with Crippen LogP contribution >= 0.6 is 45.8 Å². The number of aliphatic carboxylic acids is 2. The molecule has 0 saturated carbocycles. The predicted molar refractivity (Wildman–Crippen MR) is 85.6 cm³/mol. The molecule has 0 aromatic heterocycles. The molecule has 0 aliphatic rings. The van der Waals surface area contributed by atoms with Crippen molar-refractivity contribution in [2.24, 2.45) is 0 Å². The molecule has 0 aliphatic heterocycles. The number of carboxylic acid groups (broad SMARTS) is 2. The Labute approximate surface area is 138 Å². The molecule has 5 nitrogen and oxygen atoms in total. The molecule has 0 spiro atoms. The van der Waals surface area contributed by atoms with Crippen LogP contribution in [-0.2, 0) is 9.59 Å². The van der Waals surface area contributed by atoms with Crippen molar-refractivity contribution >= 4 is 63.4 Å². The Hall–Kier alpha value is -0.990. The molecule has 108 valence electrons. The fourth-order valence-corrected chi connectivity index (χ4v) is 2.34. The zero-order valence-corrected chi connectivity index (χ0v) is 13.6. The summed E-state index contributed by atoms with van der Waals surface area (Å²) in [6.45, 7) is 0. The summed E-state index contributed by atoms with van der Waals surface area (Å²) in [5.74, 6) is -2.23. The van der Waals surface area contributed by atoms with Gasteiger partial charge in [-0.3, -0.25) is 0 Å². The highest BCUT2D eigenvalue weighted by atomic mass is 127. The maximum atomic E-state index is 11.1. The summed E-state index contributed by atoms with van der Waals surface area (Å²) < 4.78 is 0.641. The van der Waals surface area contributed by atoms with E-state index >= 15 is 0 Å². The largest absolute Gasteiger partial charge is 0.480 e. The first kappa shape index (κ1) is 17.1. The van der Waals surface area contributed by atoms with Crippen molar-refractivity contribution in [3.63, 3.8) is 0 Å². The van der Waals surface area contributed by atoms with Gasteiger partial charge in [0.15, 0.2) is 0 Å². The van der Waals surface area contributed by atoms with E-state index in [0.29, 0.717) is 19.3 Å². The Bertz CT molecular complexity index is 563. The molecule has 1 rings (SSSR count). The zero-order valence-electron chi connectivity index (χ0n) is 9.94. The molecule has 1 atom stereocenters. The molecule has 8 heteroatoms. The molecule has 1 unspecified atom stereocenters. The summed E-state index contributed by atoms with van der Waals surface area (Å²) in [7, 11) is 0.